The predicted molar refractivity (Wildman–Crippen MR) is 204 cm³/mol. The third kappa shape index (κ3) is 4.19. The normalized spacial score (nSPS) is 13.3. The van der Waals surface area contributed by atoms with E-state index in [1.165, 1.54) is 72.0 Å². The van der Waals surface area contributed by atoms with Gasteiger partial charge in [0.05, 0.1) is 22.1 Å². The van der Waals surface area contributed by atoms with Gasteiger partial charge in [-0.1, -0.05) is 105 Å². The summed E-state index contributed by atoms with van der Waals surface area (Å²) < 4.78 is 4.53. The molecule has 0 atom stereocenters. The van der Waals surface area contributed by atoms with Crippen LogP contribution in [0.5, 0.6) is 0 Å². The molecule has 2 aromatic heterocycles. The van der Waals surface area contributed by atoms with Crippen LogP contribution in [0.25, 0.3) is 77.6 Å². The zero-order valence-corrected chi connectivity index (χ0v) is 27.4. The van der Waals surface area contributed by atoms with E-state index < -0.39 is 0 Å². The lowest BCUT2D eigenvalue weighted by Crippen LogP contribution is -2.15. The lowest BCUT2D eigenvalue weighted by Gasteiger charge is -2.22. The average Bonchev–Trinajstić information content (AvgIpc) is 3.80. The van der Waals surface area contributed by atoms with E-state index in [9.17, 15) is 0 Å². The topological polar surface area (TPSA) is 22.8 Å². The van der Waals surface area contributed by atoms with Gasteiger partial charge in [-0.3, -0.25) is 4.57 Å². The van der Waals surface area contributed by atoms with Gasteiger partial charge in [0.25, 0.3) is 0 Å². The fourth-order valence-corrected chi connectivity index (χ4v) is 8.08. The smallest absolute Gasteiger partial charge is 0.100 e. The number of aromatic nitrogens is 3. The highest BCUT2D eigenvalue weighted by atomic mass is 15.0. The molecule has 7 aromatic carbocycles. The second kappa shape index (κ2) is 10.4. The van der Waals surface area contributed by atoms with Crippen molar-refractivity contribution >= 4 is 32.8 Å². The van der Waals surface area contributed by atoms with E-state index >= 15 is 0 Å². The molecule has 1 aliphatic rings. The third-order valence-electron chi connectivity index (χ3n) is 10.6. The Labute approximate surface area is 285 Å². The number of para-hydroxylation sites is 4. The highest BCUT2D eigenvalue weighted by Gasteiger charge is 2.36. The molecule has 0 unspecified atom stereocenters. The third-order valence-corrected chi connectivity index (χ3v) is 10.6. The molecule has 10 rings (SSSR count). The Morgan fingerprint density at radius 3 is 1.78 bits per heavy atom. The fourth-order valence-electron chi connectivity index (χ4n) is 8.08. The Bertz CT molecular complexity index is 2730. The molecule has 0 radical (unpaired) electrons. The van der Waals surface area contributed by atoms with E-state index in [1.807, 2.05) is 12.4 Å². The molecular formula is C46H33N3. The largest absolute Gasteiger partial charge is 0.309 e. The van der Waals surface area contributed by atoms with Crippen LogP contribution in [-0.4, -0.2) is 14.1 Å². The Kier molecular flexibility index (Phi) is 5.92. The fraction of sp³-hybridized carbons (Fsp3) is 0.0652. The highest BCUT2D eigenvalue weighted by molar-refractivity contribution is 6.10. The maximum Gasteiger partial charge on any atom is 0.100 e. The van der Waals surface area contributed by atoms with Crippen LogP contribution in [0.4, 0.5) is 0 Å². The molecule has 232 valence electrons. The Morgan fingerprint density at radius 2 is 1.02 bits per heavy atom. The lowest BCUT2D eigenvalue weighted by atomic mass is 9.81. The van der Waals surface area contributed by atoms with Crippen molar-refractivity contribution in [3.63, 3.8) is 0 Å². The molecule has 0 fully saturated rings. The molecule has 0 N–H and O–H groups in total. The minimum Gasteiger partial charge on any atom is -0.309 e. The maximum absolute atomic E-state index is 4.58. The SMILES string of the molecule is CC1(C)c2cc(-c3ccc(-n4cnc5ccccc54)cc3)ccc2-c2ccc(-c3ccc4c(c3)c3ccccc3n4-c3ccccc3)cc21. The number of hydrogen-bond donors (Lipinski definition) is 0. The van der Waals surface area contributed by atoms with Crippen molar-refractivity contribution in [2.75, 3.05) is 0 Å². The minimum atomic E-state index is -0.125. The van der Waals surface area contributed by atoms with Crippen LogP contribution in [-0.2, 0) is 5.41 Å². The van der Waals surface area contributed by atoms with Crippen molar-refractivity contribution < 1.29 is 0 Å². The Morgan fingerprint density at radius 1 is 0.449 bits per heavy atom. The van der Waals surface area contributed by atoms with E-state index in [-0.39, 0.29) is 5.41 Å². The van der Waals surface area contributed by atoms with Gasteiger partial charge in [0, 0.05) is 27.6 Å². The molecule has 2 heterocycles. The number of rotatable bonds is 4. The quantitative estimate of drug-likeness (QED) is 0.190. The summed E-state index contributed by atoms with van der Waals surface area (Å²) in [5.74, 6) is 0. The average molecular weight is 628 g/mol. The monoisotopic (exact) mass is 627 g/mol. The summed E-state index contributed by atoms with van der Waals surface area (Å²) in [7, 11) is 0. The number of fused-ring (bicyclic) bond motifs is 7. The first-order valence-electron chi connectivity index (χ1n) is 17.0. The molecule has 0 spiro atoms. The zero-order valence-electron chi connectivity index (χ0n) is 27.4. The molecule has 0 amide bonds. The van der Waals surface area contributed by atoms with Crippen molar-refractivity contribution in [3.8, 4) is 44.8 Å². The summed E-state index contributed by atoms with van der Waals surface area (Å²) >= 11 is 0. The van der Waals surface area contributed by atoms with Crippen LogP contribution in [0.2, 0.25) is 0 Å². The lowest BCUT2D eigenvalue weighted by molar-refractivity contribution is 0.661. The highest BCUT2D eigenvalue weighted by Crippen LogP contribution is 2.51. The number of benzene rings is 7. The van der Waals surface area contributed by atoms with Gasteiger partial charge in [0.1, 0.15) is 6.33 Å². The van der Waals surface area contributed by atoms with Crippen molar-refractivity contribution in [2.24, 2.45) is 0 Å². The van der Waals surface area contributed by atoms with Gasteiger partial charge >= 0.3 is 0 Å². The van der Waals surface area contributed by atoms with Crippen LogP contribution in [0.3, 0.4) is 0 Å². The second-order valence-corrected chi connectivity index (χ2v) is 13.7. The number of nitrogens with zero attached hydrogens (tertiary/aromatic N) is 3. The van der Waals surface area contributed by atoms with Crippen molar-refractivity contribution in [1.29, 1.82) is 0 Å². The molecule has 0 bridgehead atoms. The van der Waals surface area contributed by atoms with E-state index in [0.29, 0.717) is 0 Å². The first kappa shape index (κ1) is 27.9. The molecule has 0 aliphatic heterocycles. The van der Waals surface area contributed by atoms with Crippen LogP contribution in [0.15, 0.2) is 164 Å². The van der Waals surface area contributed by atoms with Gasteiger partial charge in [-0.2, -0.15) is 0 Å². The summed E-state index contributed by atoms with van der Waals surface area (Å²) in [6, 6.07) is 57.5. The number of imidazole rings is 1. The standard InChI is InChI=1S/C46H33N3/c1-46(2)40-27-32(30-16-21-34(22-17-30)48-29-47-42-13-7-9-15-45(42)48)18-23-36(40)37-24-19-33(28-41(37)46)31-20-25-44-39(26-31)38-12-6-8-14-43(38)49(44)35-10-4-3-5-11-35/h3-29H,1-2H3. The summed E-state index contributed by atoms with van der Waals surface area (Å²) in [6.45, 7) is 4.74. The van der Waals surface area contributed by atoms with E-state index in [2.05, 4.69) is 180 Å². The first-order chi connectivity index (χ1) is 24.0. The molecule has 3 nitrogen and oxygen atoms in total. The minimum absolute atomic E-state index is 0.125. The predicted octanol–water partition coefficient (Wildman–Crippen LogP) is 11.8. The van der Waals surface area contributed by atoms with Crippen LogP contribution < -0.4 is 0 Å². The molecule has 1 aliphatic carbocycles. The molecule has 9 aromatic rings. The van der Waals surface area contributed by atoms with Crippen LogP contribution in [0, 0.1) is 0 Å². The Hall–Kier alpha value is -6.19. The van der Waals surface area contributed by atoms with Gasteiger partial charge in [0.2, 0.25) is 0 Å². The van der Waals surface area contributed by atoms with Crippen molar-refractivity contribution in [3.05, 3.63) is 175 Å². The van der Waals surface area contributed by atoms with Crippen LogP contribution >= 0.6 is 0 Å². The zero-order chi connectivity index (χ0) is 32.7. The number of hydrogen-bond acceptors (Lipinski definition) is 1. The summed E-state index contributed by atoms with van der Waals surface area (Å²) in [4.78, 5) is 4.58. The van der Waals surface area contributed by atoms with Crippen molar-refractivity contribution in [1.82, 2.24) is 14.1 Å². The maximum atomic E-state index is 4.58. The molecule has 0 saturated carbocycles. The molecule has 0 saturated heterocycles. The Balaban J connectivity index is 1.01. The molecular weight excluding hydrogens is 595 g/mol. The first-order valence-corrected chi connectivity index (χ1v) is 17.0. The van der Waals surface area contributed by atoms with Gasteiger partial charge < -0.3 is 4.57 Å². The van der Waals surface area contributed by atoms with Gasteiger partial charge in [-0.25, -0.2) is 4.98 Å². The van der Waals surface area contributed by atoms with Gasteiger partial charge in [0.15, 0.2) is 0 Å². The van der Waals surface area contributed by atoms with Crippen LogP contribution in [0.1, 0.15) is 25.0 Å². The summed E-state index contributed by atoms with van der Waals surface area (Å²) in [5.41, 5.74) is 17.1. The van der Waals surface area contributed by atoms with Crippen molar-refractivity contribution in [2.45, 2.75) is 19.3 Å². The van der Waals surface area contributed by atoms with E-state index in [1.54, 1.807) is 0 Å². The van der Waals surface area contributed by atoms with E-state index in [4.69, 9.17) is 0 Å². The molecule has 3 heteroatoms. The second-order valence-electron chi connectivity index (χ2n) is 13.7. The molecule has 49 heavy (non-hydrogen) atoms. The van der Waals surface area contributed by atoms with Gasteiger partial charge in [-0.15, -0.1) is 0 Å². The van der Waals surface area contributed by atoms with E-state index in [0.717, 1.165) is 16.7 Å². The summed E-state index contributed by atoms with van der Waals surface area (Å²) in [5, 5.41) is 2.55. The summed E-state index contributed by atoms with van der Waals surface area (Å²) in [6.07, 6.45) is 1.91. The van der Waals surface area contributed by atoms with Gasteiger partial charge in [-0.05, 0) is 111 Å².